The minimum atomic E-state index is -3.13. The van der Waals surface area contributed by atoms with Crippen molar-refractivity contribution >= 4 is 21.4 Å². The maximum absolute atomic E-state index is 11.5. The first kappa shape index (κ1) is 12.8. The lowest BCUT2D eigenvalue weighted by Gasteiger charge is -2.11. The van der Waals surface area contributed by atoms with E-state index in [1.54, 1.807) is 11.3 Å². The molecule has 6 nitrogen and oxygen atoms in total. The van der Waals surface area contributed by atoms with Crippen LogP contribution < -0.4 is 0 Å². The lowest BCUT2D eigenvalue weighted by molar-refractivity contribution is 0.414. The van der Waals surface area contributed by atoms with Crippen molar-refractivity contribution in [1.29, 1.82) is 0 Å². The molecular formula is C11H13N3O3S2. The Labute approximate surface area is 115 Å². The Kier molecular flexibility index (Phi) is 3.15. The lowest BCUT2D eigenvalue weighted by Crippen LogP contribution is -2.27. The Bertz CT molecular complexity index is 663. The van der Waals surface area contributed by atoms with Crippen molar-refractivity contribution < 1.29 is 12.9 Å². The average molecular weight is 299 g/mol. The summed E-state index contributed by atoms with van der Waals surface area (Å²) in [6.45, 7) is 0.952. The van der Waals surface area contributed by atoms with Gasteiger partial charge in [-0.05, 0) is 17.9 Å². The standard InChI is InChI=1S/C11H13N3O3S2/c1-19(15,16)14-4-2-8(6-14)10-12-11(17-13-10)9-3-5-18-7-9/h3,5,7-8H,2,4,6H2,1H3/t8-/m1/s1. The molecule has 0 amide bonds. The quantitative estimate of drug-likeness (QED) is 0.859. The number of hydrogen-bond acceptors (Lipinski definition) is 6. The van der Waals surface area contributed by atoms with Crippen molar-refractivity contribution in [3.63, 3.8) is 0 Å². The molecule has 3 rings (SSSR count). The second-order valence-corrected chi connectivity index (χ2v) is 7.34. The Hall–Kier alpha value is -1.25. The topological polar surface area (TPSA) is 76.3 Å². The van der Waals surface area contributed by atoms with Gasteiger partial charge in [0, 0.05) is 24.4 Å². The molecule has 0 saturated carbocycles. The Morgan fingerprint density at radius 3 is 3.00 bits per heavy atom. The van der Waals surface area contributed by atoms with E-state index in [0.29, 0.717) is 24.8 Å². The summed E-state index contributed by atoms with van der Waals surface area (Å²) in [7, 11) is -3.13. The minimum absolute atomic E-state index is 0.0193. The lowest BCUT2D eigenvalue weighted by atomic mass is 10.1. The first-order chi connectivity index (χ1) is 9.04. The van der Waals surface area contributed by atoms with Gasteiger partial charge in [0.1, 0.15) is 0 Å². The van der Waals surface area contributed by atoms with Crippen LogP contribution in [0.4, 0.5) is 0 Å². The molecule has 0 aromatic carbocycles. The van der Waals surface area contributed by atoms with E-state index in [-0.39, 0.29) is 5.92 Å². The van der Waals surface area contributed by atoms with Gasteiger partial charge in [-0.1, -0.05) is 5.16 Å². The highest BCUT2D eigenvalue weighted by atomic mass is 32.2. The van der Waals surface area contributed by atoms with Gasteiger partial charge < -0.3 is 4.52 Å². The molecule has 0 radical (unpaired) electrons. The molecule has 0 N–H and O–H groups in total. The van der Waals surface area contributed by atoms with Crippen molar-refractivity contribution in [1.82, 2.24) is 14.4 Å². The van der Waals surface area contributed by atoms with Crippen molar-refractivity contribution in [3.8, 4) is 11.5 Å². The van der Waals surface area contributed by atoms with Crippen LogP contribution >= 0.6 is 11.3 Å². The number of aromatic nitrogens is 2. The number of thiophene rings is 1. The fourth-order valence-corrected chi connectivity index (χ4v) is 3.66. The maximum atomic E-state index is 11.5. The summed E-state index contributed by atoms with van der Waals surface area (Å²) in [5.41, 5.74) is 0.904. The molecule has 2 aromatic heterocycles. The highest BCUT2D eigenvalue weighted by Crippen LogP contribution is 2.28. The predicted octanol–water partition coefficient (Wildman–Crippen LogP) is 1.55. The van der Waals surface area contributed by atoms with Crippen LogP contribution in [0.2, 0.25) is 0 Å². The van der Waals surface area contributed by atoms with Crippen molar-refractivity contribution in [3.05, 3.63) is 22.7 Å². The maximum Gasteiger partial charge on any atom is 0.258 e. The summed E-state index contributed by atoms with van der Waals surface area (Å²) in [5, 5.41) is 7.85. The zero-order valence-corrected chi connectivity index (χ0v) is 11.9. The van der Waals surface area contributed by atoms with Gasteiger partial charge in [-0.15, -0.1) is 0 Å². The number of nitrogens with zero attached hydrogens (tertiary/aromatic N) is 3. The molecule has 1 atom stereocenters. The van der Waals surface area contributed by atoms with E-state index in [9.17, 15) is 8.42 Å². The largest absolute Gasteiger partial charge is 0.334 e. The number of rotatable bonds is 3. The van der Waals surface area contributed by atoms with E-state index < -0.39 is 10.0 Å². The van der Waals surface area contributed by atoms with E-state index in [1.807, 2.05) is 16.8 Å². The van der Waals surface area contributed by atoms with Crippen molar-refractivity contribution in [2.75, 3.05) is 19.3 Å². The number of sulfonamides is 1. The summed E-state index contributed by atoms with van der Waals surface area (Å²) >= 11 is 1.56. The normalized spacial score (nSPS) is 21.0. The highest BCUT2D eigenvalue weighted by Gasteiger charge is 2.32. The zero-order chi connectivity index (χ0) is 13.5. The number of hydrogen-bond donors (Lipinski definition) is 0. The van der Waals surface area contributed by atoms with E-state index in [0.717, 1.165) is 12.0 Å². The zero-order valence-electron chi connectivity index (χ0n) is 10.3. The molecule has 1 aliphatic rings. The third kappa shape index (κ3) is 2.56. The molecule has 0 spiro atoms. The highest BCUT2D eigenvalue weighted by molar-refractivity contribution is 7.88. The van der Waals surface area contributed by atoms with E-state index in [4.69, 9.17) is 4.52 Å². The summed E-state index contributed by atoms with van der Waals surface area (Å²) in [6.07, 6.45) is 1.96. The van der Waals surface area contributed by atoms with Crippen LogP contribution in [-0.2, 0) is 10.0 Å². The van der Waals surface area contributed by atoms with Gasteiger partial charge in [0.05, 0.1) is 11.8 Å². The van der Waals surface area contributed by atoms with Crippen LogP contribution in [-0.4, -0.2) is 42.2 Å². The fourth-order valence-electron chi connectivity index (χ4n) is 2.14. The first-order valence-electron chi connectivity index (χ1n) is 5.85. The van der Waals surface area contributed by atoms with Gasteiger partial charge in [-0.25, -0.2) is 12.7 Å². The Balaban J connectivity index is 1.78. The third-order valence-corrected chi connectivity index (χ3v) is 5.15. The minimum Gasteiger partial charge on any atom is -0.334 e. The SMILES string of the molecule is CS(=O)(=O)N1CC[C@@H](c2noc(-c3ccsc3)n2)C1. The second-order valence-electron chi connectivity index (χ2n) is 4.58. The van der Waals surface area contributed by atoms with Crippen LogP contribution in [0.25, 0.3) is 11.5 Å². The monoisotopic (exact) mass is 299 g/mol. The van der Waals surface area contributed by atoms with Gasteiger partial charge in [-0.2, -0.15) is 16.3 Å². The van der Waals surface area contributed by atoms with Crippen LogP contribution in [0.5, 0.6) is 0 Å². The van der Waals surface area contributed by atoms with Gasteiger partial charge in [0.2, 0.25) is 10.0 Å². The van der Waals surface area contributed by atoms with Crippen LogP contribution in [0.1, 0.15) is 18.2 Å². The van der Waals surface area contributed by atoms with E-state index in [1.165, 1.54) is 10.6 Å². The summed E-state index contributed by atoms with van der Waals surface area (Å²) < 4.78 is 29.6. The third-order valence-electron chi connectivity index (χ3n) is 3.20. The molecule has 0 unspecified atom stereocenters. The molecular weight excluding hydrogens is 286 g/mol. The molecule has 1 aliphatic heterocycles. The average Bonchev–Trinajstić information content (AvgIpc) is 3.10. The van der Waals surface area contributed by atoms with E-state index >= 15 is 0 Å². The van der Waals surface area contributed by atoms with Gasteiger partial charge in [0.15, 0.2) is 5.82 Å². The molecule has 1 saturated heterocycles. The molecule has 102 valence electrons. The molecule has 2 aromatic rings. The predicted molar refractivity (Wildman–Crippen MR) is 71.4 cm³/mol. The molecule has 1 fully saturated rings. The molecule has 8 heteroatoms. The van der Waals surface area contributed by atoms with Crippen LogP contribution in [0.3, 0.4) is 0 Å². The van der Waals surface area contributed by atoms with Gasteiger partial charge >= 0.3 is 0 Å². The second kappa shape index (κ2) is 4.69. The first-order valence-corrected chi connectivity index (χ1v) is 8.64. The van der Waals surface area contributed by atoms with Gasteiger partial charge in [-0.3, -0.25) is 0 Å². The van der Waals surface area contributed by atoms with E-state index in [2.05, 4.69) is 10.1 Å². The molecule has 0 bridgehead atoms. The van der Waals surface area contributed by atoms with Crippen molar-refractivity contribution in [2.24, 2.45) is 0 Å². The van der Waals surface area contributed by atoms with Crippen LogP contribution in [0, 0.1) is 0 Å². The molecule has 3 heterocycles. The van der Waals surface area contributed by atoms with Crippen molar-refractivity contribution in [2.45, 2.75) is 12.3 Å². The summed E-state index contributed by atoms with van der Waals surface area (Å²) in [4.78, 5) is 4.36. The summed E-state index contributed by atoms with van der Waals surface area (Å²) in [6, 6.07) is 1.92. The Morgan fingerprint density at radius 1 is 1.53 bits per heavy atom. The smallest absolute Gasteiger partial charge is 0.258 e. The van der Waals surface area contributed by atoms with Crippen LogP contribution in [0.15, 0.2) is 21.3 Å². The Morgan fingerprint density at radius 2 is 2.37 bits per heavy atom. The van der Waals surface area contributed by atoms with Gasteiger partial charge in [0.25, 0.3) is 5.89 Å². The summed E-state index contributed by atoms with van der Waals surface area (Å²) in [5.74, 6) is 1.10. The molecule has 0 aliphatic carbocycles. The molecule has 19 heavy (non-hydrogen) atoms. The fraction of sp³-hybridized carbons (Fsp3) is 0.455.